The molecular weight excluding hydrogens is 308 g/mol. The molecule has 120 valence electrons. The largest absolute Gasteiger partial charge is 0.380 e. The fraction of sp³-hybridized carbons (Fsp3) is 0.714. The van der Waals surface area contributed by atoms with E-state index in [-0.39, 0.29) is 6.04 Å². The molecule has 21 heavy (non-hydrogen) atoms. The van der Waals surface area contributed by atoms with Gasteiger partial charge in [-0.2, -0.15) is 0 Å². The predicted octanol–water partition coefficient (Wildman–Crippen LogP) is 2.01. The molecule has 1 saturated carbocycles. The summed E-state index contributed by atoms with van der Waals surface area (Å²) in [7, 11) is -3.45. The van der Waals surface area contributed by atoms with Crippen LogP contribution in [-0.4, -0.2) is 33.7 Å². The number of thiophene rings is 1. The molecule has 1 aliphatic rings. The summed E-state index contributed by atoms with van der Waals surface area (Å²) in [6.07, 6.45) is 2.46. The Morgan fingerprint density at radius 3 is 2.81 bits per heavy atom. The zero-order valence-electron chi connectivity index (χ0n) is 12.8. The van der Waals surface area contributed by atoms with E-state index in [0.717, 1.165) is 17.0 Å². The van der Waals surface area contributed by atoms with Crippen molar-refractivity contribution in [1.82, 2.24) is 10.0 Å². The fourth-order valence-corrected chi connectivity index (χ4v) is 4.76. The van der Waals surface area contributed by atoms with E-state index in [4.69, 9.17) is 4.74 Å². The first-order chi connectivity index (χ1) is 9.92. The van der Waals surface area contributed by atoms with Crippen molar-refractivity contribution < 1.29 is 13.2 Å². The first kappa shape index (κ1) is 16.9. The molecule has 0 radical (unpaired) electrons. The number of rotatable bonds is 9. The molecule has 1 fully saturated rings. The maximum Gasteiger partial charge on any atom is 0.250 e. The average molecular weight is 332 g/mol. The Kier molecular flexibility index (Phi) is 5.79. The first-order valence-electron chi connectivity index (χ1n) is 7.35. The fourth-order valence-electron chi connectivity index (χ4n) is 1.97. The highest BCUT2D eigenvalue weighted by Gasteiger charge is 2.23. The third-order valence-corrected chi connectivity index (χ3v) is 6.62. The van der Waals surface area contributed by atoms with Crippen molar-refractivity contribution in [3.63, 3.8) is 0 Å². The van der Waals surface area contributed by atoms with E-state index in [0.29, 0.717) is 23.5 Å². The number of hydrogen-bond acceptors (Lipinski definition) is 5. The summed E-state index contributed by atoms with van der Waals surface area (Å²) >= 11 is 1.35. The highest BCUT2D eigenvalue weighted by Crippen LogP contribution is 2.27. The summed E-state index contributed by atoms with van der Waals surface area (Å²) in [4.78, 5) is 1.10. The van der Waals surface area contributed by atoms with Crippen molar-refractivity contribution in [3.05, 3.63) is 16.5 Å². The molecule has 0 aliphatic heterocycles. The molecule has 1 aromatic rings. The molecule has 1 atom stereocenters. The van der Waals surface area contributed by atoms with Gasteiger partial charge in [0.25, 0.3) is 0 Å². The van der Waals surface area contributed by atoms with Crippen molar-refractivity contribution in [2.24, 2.45) is 0 Å². The van der Waals surface area contributed by atoms with Gasteiger partial charge in [-0.15, -0.1) is 11.3 Å². The highest BCUT2D eigenvalue weighted by atomic mass is 32.2. The van der Waals surface area contributed by atoms with Crippen LogP contribution in [-0.2, 0) is 21.3 Å². The summed E-state index contributed by atoms with van der Waals surface area (Å²) in [5.74, 6) is 0. The van der Waals surface area contributed by atoms with Crippen LogP contribution in [0.15, 0.2) is 10.3 Å². The van der Waals surface area contributed by atoms with E-state index in [9.17, 15) is 8.42 Å². The van der Waals surface area contributed by atoms with E-state index >= 15 is 0 Å². The van der Waals surface area contributed by atoms with Crippen LogP contribution in [0.4, 0.5) is 0 Å². The van der Waals surface area contributed by atoms with Gasteiger partial charge in [-0.3, -0.25) is 0 Å². The average Bonchev–Trinajstić information content (AvgIpc) is 3.16. The Hall–Kier alpha value is -0.470. The van der Waals surface area contributed by atoms with Crippen molar-refractivity contribution in [1.29, 1.82) is 0 Å². The predicted molar refractivity (Wildman–Crippen MR) is 85.2 cm³/mol. The van der Waals surface area contributed by atoms with Crippen LogP contribution in [0.1, 0.15) is 37.1 Å². The normalized spacial score (nSPS) is 17.1. The standard InChI is InChI=1S/C14H24N2O3S2/c1-4-19-9-11(3)16-21(17,18)14-7-10(2)13(20-14)8-15-12-5-6-12/h7,11-12,15-16H,4-6,8-9H2,1-3H3. The van der Waals surface area contributed by atoms with Crippen molar-refractivity contribution in [2.75, 3.05) is 13.2 Å². The van der Waals surface area contributed by atoms with Gasteiger partial charge in [0.15, 0.2) is 0 Å². The van der Waals surface area contributed by atoms with Crippen LogP contribution in [0.3, 0.4) is 0 Å². The second kappa shape index (κ2) is 7.19. The molecular formula is C14H24N2O3S2. The van der Waals surface area contributed by atoms with Gasteiger partial charge in [-0.05, 0) is 45.2 Å². The van der Waals surface area contributed by atoms with Crippen molar-refractivity contribution >= 4 is 21.4 Å². The molecule has 1 aromatic heterocycles. The lowest BCUT2D eigenvalue weighted by Gasteiger charge is -2.12. The maximum absolute atomic E-state index is 12.3. The Balaban J connectivity index is 1.99. The molecule has 0 saturated heterocycles. The van der Waals surface area contributed by atoms with E-state index in [1.807, 2.05) is 20.8 Å². The summed E-state index contributed by atoms with van der Waals surface area (Å²) in [5.41, 5.74) is 1.03. The van der Waals surface area contributed by atoms with Crippen molar-refractivity contribution in [2.45, 2.75) is 56.5 Å². The van der Waals surface area contributed by atoms with E-state index < -0.39 is 10.0 Å². The molecule has 7 heteroatoms. The van der Waals surface area contributed by atoms with Crippen LogP contribution < -0.4 is 10.0 Å². The minimum absolute atomic E-state index is 0.231. The van der Waals surface area contributed by atoms with Crippen LogP contribution in [0.25, 0.3) is 0 Å². The summed E-state index contributed by atoms with van der Waals surface area (Å²) < 4.78 is 33.0. The van der Waals surface area contributed by atoms with Gasteiger partial charge in [-0.1, -0.05) is 0 Å². The molecule has 1 heterocycles. The number of hydrogen-bond donors (Lipinski definition) is 2. The third kappa shape index (κ3) is 5.03. The summed E-state index contributed by atoms with van der Waals surface area (Å²) in [6.45, 7) is 7.39. The molecule has 2 N–H and O–H groups in total. The van der Waals surface area contributed by atoms with Crippen LogP contribution in [0.2, 0.25) is 0 Å². The monoisotopic (exact) mass is 332 g/mol. The molecule has 1 aliphatic carbocycles. The second-order valence-corrected chi connectivity index (χ2v) is 8.59. The molecule has 0 aromatic carbocycles. The molecule has 0 spiro atoms. The van der Waals surface area contributed by atoms with Gasteiger partial charge in [0.2, 0.25) is 10.0 Å². The topological polar surface area (TPSA) is 67.4 Å². The van der Waals surface area contributed by atoms with Gasteiger partial charge in [-0.25, -0.2) is 13.1 Å². The quantitative estimate of drug-likeness (QED) is 0.726. The van der Waals surface area contributed by atoms with Gasteiger partial charge in [0.05, 0.1) is 6.61 Å². The van der Waals surface area contributed by atoms with E-state index in [1.54, 1.807) is 6.07 Å². The zero-order valence-corrected chi connectivity index (χ0v) is 14.4. The summed E-state index contributed by atoms with van der Waals surface area (Å²) in [6, 6.07) is 2.14. The molecule has 0 amide bonds. The second-order valence-electron chi connectivity index (χ2n) is 5.51. The lowest BCUT2D eigenvalue weighted by molar-refractivity contribution is 0.133. The third-order valence-electron chi connectivity index (χ3n) is 3.32. The Labute approximate surface area is 131 Å². The summed E-state index contributed by atoms with van der Waals surface area (Å²) in [5, 5.41) is 3.42. The van der Waals surface area contributed by atoms with Gasteiger partial charge >= 0.3 is 0 Å². The SMILES string of the molecule is CCOCC(C)NS(=O)(=O)c1cc(C)c(CNC2CC2)s1. The van der Waals surface area contributed by atoms with Gasteiger partial charge in [0, 0.05) is 30.1 Å². The first-order valence-corrected chi connectivity index (χ1v) is 9.65. The molecule has 0 bridgehead atoms. The van der Waals surface area contributed by atoms with Crippen LogP contribution >= 0.6 is 11.3 Å². The molecule has 5 nitrogen and oxygen atoms in total. The van der Waals surface area contributed by atoms with Gasteiger partial charge in [0.1, 0.15) is 4.21 Å². The van der Waals surface area contributed by atoms with Crippen LogP contribution in [0.5, 0.6) is 0 Å². The van der Waals surface area contributed by atoms with Crippen LogP contribution in [0, 0.1) is 6.92 Å². The van der Waals surface area contributed by atoms with Crippen molar-refractivity contribution in [3.8, 4) is 0 Å². The lowest BCUT2D eigenvalue weighted by Crippen LogP contribution is -2.35. The van der Waals surface area contributed by atoms with E-state index in [1.165, 1.54) is 24.2 Å². The maximum atomic E-state index is 12.3. The number of aryl methyl sites for hydroxylation is 1. The van der Waals surface area contributed by atoms with E-state index in [2.05, 4.69) is 10.0 Å². The Morgan fingerprint density at radius 2 is 2.19 bits per heavy atom. The Bertz CT molecular complexity index is 565. The molecule has 1 unspecified atom stereocenters. The number of ether oxygens (including phenoxy) is 1. The smallest absolute Gasteiger partial charge is 0.250 e. The minimum Gasteiger partial charge on any atom is -0.380 e. The van der Waals surface area contributed by atoms with Gasteiger partial charge < -0.3 is 10.1 Å². The number of nitrogens with one attached hydrogen (secondary N) is 2. The Morgan fingerprint density at radius 1 is 1.48 bits per heavy atom. The number of sulfonamides is 1. The molecule has 2 rings (SSSR count). The highest BCUT2D eigenvalue weighted by molar-refractivity contribution is 7.91. The minimum atomic E-state index is -3.45. The zero-order chi connectivity index (χ0) is 15.5. The lowest BCUT2D eigenvalue weighted by atomic mass is 10.3.